The van der Waals surface area contributed by atoms with Gasteiger partial charge in [-0.1, -0.05) is 42.5 Å². The normalized spacial score (nSPS) is 11.0. The van der Waals surface area contributed by atoms with Crippen LogP contribution in [0, 0.1) is 0 Å². The van der Waals surface area contributed by atoms with Gasteiger partial charge in [0.1, 0.15) is 0 Å². The van der Waals surface area contributed by atoms with E-state index in [2.05, 4.69) is 25.9 Å². The molecule has 154 valence electrons. The number of nitrogens with one attached hydrogen (secondary N) is 1. The largest absolute Gasteiger partial charge is 0.504 e. The van der Waals surface area contributed by atoms with Crippen LogP contribution in [-0.2, 0) is 6.54 Å². The van der Waals surface area contributed by atoms with Crippen molar-refractivity contribution in [2.45, 2.75) is 6.54 Å². The lowest BCUT2D eigenvalue weighted by Gasteiger charge is -2.03. The summed E-state index contributed by atoms with van der Waals surface area (Å²) in [6.07, 6.45) is 1.37. The molecule has 1 heterocycles. The summed E-state index contributed by atoms with van der Waals surface area (Å²) in [4.78, 5) is 13.7. The maximum atomic E-state index is 12.2. The van der Waals surface area contributed by atoms with Gasteiger partial charge >= 0.3 is 0 Å². The Hall–Kier alpha value is -4.53. The maximum Gasteiger partial charge on any atom is 0.271 e. The van der Waals surface area contributed by atoms with Crippen molar-refractivity contribution < 1.29 is 15.0 Å². The molecule has 1 aromatic heterocycles. The summed E-state index contributed by atoms with van der Waals surface area (Å²) >= 11 is 0. The van der Waals surface area contributed by atoms with Gasteiger partial charge < -0.3 is 10.2 Å². The Balaban J connectivity index is 1.35. The standard InChI is InChI=1S/C22H18N6O3/c29-19-11-8-16(12-20(19)30)13-23-25-22(31)18-9-6-15(7-10-18)14-28-26-21(24-27-28)17-4-2-1-3-5-17/h1-13,29-30H,14H2,(H,25,31)/b23-13+. The molecule has 0 saturated carbocycles. The highest BCUT2D eigenvalue weighted by Crippen LogP contribution is 2.24. The predicted molar refractivity (Wildman–Crippen MR) is 114 cm³/mol. The topological polar surface area (TPSA) is 126 Å². The lowest BCUT2D eigenvalue weighted by atomic mass is 10.1. The molecule has 3 N–H and O–H groups in total. The number of amides is 1. The lowest BCUT2D eigenvalue weighted by Crippen LogP contribution is -2.17. The second-order valence-corrected chi connectivity index (χ2v) is 6.65. The maximum absolute atomic E-state index is 12.2. The van der Waals surface area contributed by atoms with E-state index in [1.807, 2.05) is 42.5 Å². The number of tetrazole rings is 1. The highest BCUT2D eigenvalue weighted by Gasteiger charge is 2.08. The molecule has 3 aromatic carbocycles. The molecule has 0 aliphatic carbocycles. The first-order chi connectivity index (χ1) is 15.1. The van der Waals surface area contributed by atoms with Crippen molar-refractivity contribution >= 4 is 12.1 Å². The summed E-state index contributed by atoms with van der Waals surface area (Å²) < 4.78 is 0. The Labute approximate surface area is 177 Å². The van der Waals surface area contributed by atoms with E-state index in [0.29, 0.717) is 23.5 Å². The number of phenols is 2. The summed E-state index contributed by atoms with van der Waals surface area (Å²) in [5.41, 5.74) is 5.19. The van der Waals surface area contributed by atoms with Gasteiger partial charge in [0.15, 0.2) is 11.5 Å². The van der Waals surface area contributed by atoms with E-state index in [0.717, 1.165) is 11.1 Å². The molecule has 4 rings (SSSR count). The Morgan fingerprint density at radius 1 is 1.00 bits per heavy atom. The number of hydrogen-bond acceptors (Lipinski definition) is 7. The van der Waals surface area contributed by atoms with Gasteiger partial charge in [0, 0.05) is 11.1 Å². The van der Waals surface area contributed by atoms with Gasteiger partial charge in [0.25, 0.3) is 5.91 Å². The van der Waals surface area contributed by atoms with Crippen LogP contribution in [0.5, 0.6) is 11.5 Å². The monoisotopic (exact) mass is 414 g/mol. The first kappa shape index (κ1) is 19.8. The van der Waals surface area contributed by atoms with Gasteiger partial charge in [-0.3, -0.25) is 4.79 Å². The third-order valence-electron chi connectivity index (χ3n) is 4.40. The van der Waals surface area contributed by atoms with Crippen molar-refractivity contribution in [3.05, 3.63) is 89.5 Å². The average Bonchev–Trinajstić information content (AvgIpc) is 3.26. The van der Waals surface area contributed by atoms with Gasteiger partial charge in [-0.25, -0.2) is 5.43 Å². The second-order valence-electron chi connectivity index (χ2n) is 6.65. The van der Waals surface area contributed by atoms with Crippen LogP contribution in [0.2, 0.25) is 0 Å². The van der Waals surface area contributed by atoms with Crippen LogP contribution in [0.15, 0.2) is 77.9 Å². The molecule has 0 radical (unpaired) electrons. The van der Waals surface area contributed by atoms with Gasteiger partial charge in [-0.05, 0) is 46.7 Å². The Bertz CT molecular complexity index is 1220. The van der Waals surface area contributed by atoms with Gasteiger partial charge in [-0.2, -0.15) is 9.90 Å². The zero-order valence-corrected chi connectivity index (χ0v) is 16.3. The third kappa shape index (κ3) is 4.91. The summed E-state index contributed by atoms with van der Waals surface area (Å²) in [7, 11) is 0. The Morgan fingerprint density at radius 3 is 2.52 bits per heavy atom. The fourth-order valence-corrected chi connectivity index (χ4v) is 2.79. The SMILES string of the molecule is O=C(N/N=C/c1ccc(O)c(O)c1)c1ccc(Cn2nnc(-c3ccccc3)n2)cc1. The second kappa shape index (κ2) is 8.87. The number of hydrogen-bond donors (Lipinski definition) is 3. The molecule has 4 aromatic rings. The molecule has 0 aliphatic heterocycles. The van der Waals surface area contributed by atoms with Crippen LogP contribution in [-0.4, -0.2) is 42.5 Å². The molecule has 0 bridgehead atoms. The van der Waals surface area contributed by atoms with Crippen LogP contribution in [0.25, 0.3) is 11.4 Å². The predicted octanol–water partition coefficient (Wildman–Crippen LogP) is 2.56. The third-order valence-corrected chi connectivity index (χ3v) is 4.40. The fourth-order valence-electron chi connectivity index (χ4n) is 2.79. The van der Waals surface area contributed by atoms with E-state index in [1.54, 1.807) is 18.2 Å². The van der Waals surface area contributed by atoms with Crippen molar-refractivity contribution in [1.82, 2.24) is 25.6 Å². The fraction of sp³-hybridized carbons (Fsp3) is 0.0455. The molecule has 0 unspecified atom stereocenters. The van der Waals surface area contributed by atoms with E-state index < -0.39 is 0 Å². The van der Waals surface area contributed by atoms with Crippen LogP contribution in [0.4, 0.5) is 0 Å². The molecular formula is C22H18N6O3. The summed E-state index contributed by atoms with van der Waals surface area (Å²) in [6.45, 7) is 0.421. The molecule has 0 spiro atoms. The van der Waals surface area contributed by atoms with Crippen molar-refractivity contribution in [3.8, 4) is 22.9 Å². The number of aromatic hydroxyl groups is 2. The van der Waals surface area contributed by atoms with Gasteiger partial charge in [-0.15, -0.1) is 10.2 Å². The molecular weight excluding hydrogens is 396 g/mol. The first-order valence-corrected chi connectivity index (χ1v) is 9.36. The van der Waals surface area contributed by atoms with Crippen LogP contribution in [0.1, 0.15) is 21.5 Å². The number of carbonyl (C=O) groups is 1. The lowest BCUT2D eigenvalue weighted by molar-refractivity contribution is 0.0955. The molecule has 1 amide bonds. The zero-order valence-electron chi connectivity index (χ0n) is 16.3. The highest BCUT2D eigenvalue weighted by molar-refractivity contribution is 5.94. The molecule has 9 heteroatoms. The van der Waals surface area contributed by atoms with E-state index in [4.69, 9.17) is 0 Å². The molecule has 0 aliphatic rings. The average molecular weight is 414 g/mol. The number of carbonyl (C=O) groups excluding carboxylic acids is 1. The minimum atomic E-state index is -0.379. The summed E-state index contributed by atoms with van der Waals surface area (Å²) in [5.74, 6) is -0.310. The highest BCUT2D eigenvalue weighted by atomic mass is 16.3. The van der Waals surface area contributed by atoms with E-state index >= 15 is 0 Å². The van der Waals surface area contributed by atoms with Crippen molar-refractivity contribution in [2.75, 3.05) is 0 Å². The molecule has 31 heavy (non-hydrogen) atoms. The number of nitrogens with zero attached hydrogens (tertiary/aromatic N) is 5. The quantitative estimate of drug-likeness (QED) is 0.253. The van der Waals surface area contributed by atoms with Gasteiger partial charge in [0.05, 0.1) is 12.8 Å². The number of aromatic nitrogens is 4. The number of benzene rings is 3. The van der Waals surface area contributed by atoms with E-state index in [9.17, 15) is 15.0 Å². The van der Waals surface area contributed by atoms with Crippen molar-refractivity contribution in [3.63, 3.8) is 0 Å². The van der Waals surface area contributed by atoms with Crippen molar-refractivity contribution in [2.24, 2.45) is 5.10 Å². The van der Waals surface area contributed by atoms with Crippen molar-refractivity contribution in [1.29, 1.82) is 0 Å². The number of phenolic OH excluding ortho intramolecular Hbond substituents is 2. The summed E-state index contributed by atoms with van der Waals surface area (Å²) in [6, 6.07) is 20.8. The molecule has 0 fully saturated rings. The Morgan fingerprint density at radius 2 is 1.77 bits per heavy atom. The Kier molecular flexibility index (Phi) is 5.66. The van der Waals surface area contributed by atoms with Crippen LogP contribution < -0.4 is 5.43 Å². The number of hydrazone groups is 1. The smallest absolute Gasteiger partial charge is 0.271 e. The number of rotatable bonds is 6. The molecule has 0 saturated heterocycles. The molecule has 9 nitrogen and oxygen atoms in total. The van der Waals surface area contributed by atoms with Crippen LogP contribution >= 0.6 is 0 Å². The van der Waals surface area contributed by atoms with E-state index in [-0.39, 0.29) is 17.4 Å². The summed E-state index contributed by atoms with van der Waals surface area (Å²) in [5, 5.41) is 35.1. The minimum Gasteiger partial charge on any atom is -0.504 e. The molecule has 0 atom stereocenters. The zero-order chi connectivity index (χ0) is 21.6. The minimum absolute atomic E-state index is 0.223. The van der Waals surface area contributed by atoms with Gasteiger partial charge in [0.2, 0.25) is 5.82 Å². The van der Waals surface area contributed by atoms with E-state index in [1.165, 1.54) is 23.1 Å². The first-order valence-electron chi connectivity index (χ1n) is 9.36. The van der Waals surface area contributed by atoms with Crippen LogP contribution in [0.3, 0.4) is 0 Å².